The van der Waals surface area contributed by atoms with Gasteiger partial charge in [-0.3, -0.25) is 14.4 Å². The van der Waals surface area contributed by atoms with Crippen LogP contribution < -0.4 is 20.3 Å². The molecule has 0 radical (unpaired) electrons. The molecule has 3 aromatic carbocycles. The monoisotopic (exact) mass is 866 g/mol. The van der Waals surface area contributed by atoms with Gasteiger partial charge >= 0.3 is 0 Å². The lowest BCUT2D eigenvalue weighted by molar-refractivity contribution is -0.144. The first-order valence-corrected chi connectivity index (χ1v) is 21.7. The molecule has 3 N–H and O–H groups in total. The van der Waals surface area contributed by atoms with Gasteiger partial charge in [0.15, 0.2) is 0 Å². The minimum atomic E-state index is -0.956. The number of likely N-dealkylation sites (tertiary alicyclic amines) is 1. The number of rotatable bonds is 20. The smallest absolute Gasteiger partial charge is 0.246 e. The number of benzene rings is 3. The SMILES string of the molecule is Cc1ncsc1-c1ccc(CNC(=O)[C@@H]2C[C@@H](O)CN2C(=O)[C@@H](NC(=O)COCCOCCOCCOc2ccc3nc(-c4ccc(N(C)C)cc4)ccc3c2)C(C)(C)C)cc1. The maximum Gasteiger partial charge on any atom is 0.246 e. The molecule has 15 heteroatoms. The Morgan fingerprint density at radius 2 is 1.56 bits per heavy atom. The number of nitrogens with zero attached hydrogens (tertiary/aromatic N) is 4. The van der Waals surface area contributed by atoms with Gasteiger partial charge in [-0.25, -0.2) is 9.97 Å². The predicted octanol–water partition coefficient (Wildman–Crippen LogP) is 5.64. The number of aryl methyl sites for hydroxylation is 1. The van der Waals surface area contributed by atoms with E-state index < -0.39 is 35.4 Å². The number of aliphatic hydroxyl groups excluding tert-OH is 1. The van der Waals surface area contributed by atoms with Crippen LogP contribution in [-0.4, -0.2) is 123 Å². The standard InChI is InChI=1S/C47H58N6O8S/c1-31-43(62-30-49-31)34-9-7-32(8-10-34)27-48-45(56)41-26-37(54)28-53(41)46(57)44(47(2,3)4)51-42(55)29-60-22-21-58-19-20-59-23-24-61-38-16-18-40-35(25-38)13-17-39(50-40)33-11-14-36(15-12-33)52(5)6/h7-18,25,30,37,41,44,54H,19-24,26-29H2,1-6H3,(H,48,56)(H,51,55)/t37-,41+,44-/m1/s1. The van der Waals surface area contributed by atoms with Gasteiger partial charge in [0.05, 0.1) is 66.4 Å². The van der Waals surface area contributed by atoms with Gasteiger partial charge in [-0.1, -0.05) is 63.2 Å². The number of carbonyl (C=O) groups is 3. The average Bonchev–Trinajstić information content (AvgIpc) is 3.88. The number of aliphatic hydroxyl groups is 1. The van der Waals surface area contributed by atoms with Crippen LogP contribution in [0.3, 0.4) is 0 Å². The van der Waals surface area contributed by atoms with E-state index in [-0.39, 0.29) is 45.2 Å². The van der Waals surface area contributed by atoms with E-state index >= 15 is 0 Å². The summed E-state index contributed by atoms with van der Waals surface area (Å²) in [7, 11) is 4.04. The third-order valence-electron chi connectivity index (χ3n) is 10.5. The number of carbonyl (C=O) groups excluding carboxylic acids is 3. The van der Waals surface area contributed by atoms with Crippen molar-refractivity contribution in [3.05, 3.63) is 95.6 Å². The molecule has 1 aliphatic heterocycles. The lowest BCUT2D eigenvalue weighted by Crippen LogP contribution is -2.58. The van der Waals surface area contributed by atoms with Crippen LogP contribution in [0.1, 0.15) is 38.4 Å². The molecule has 0 spiro atoms. The molecule has 3 atom stereocenters. The fraction of sp³-hybridized carbons (Fsp3) is 0.426. The van der Waals surface area contributed by atoms with Crippen LogP contribution in [0.4, 0.5) is 5.69 Å². The minimum Gasteiger partial charge on any atom is -0.491 e. The zero-order chi connectivity index (χ0) is 44.2. The molecule has 0 unspecified atom stereocenters. The minimum absolute atomic E-state index is 0.00954. The highest BCUT2D eigenvalue weighted by atomic mass is 32.1. The highest BCUT2D eigenvalue weighted by Crippen LogP contribution is 2.29. The van der Waals surface area contributed by atoms with Crippen LogP contribution in [0.15, 0.2) is 84.4 Å². The molecule has 1 fully saturated rings. The molecule has 0 bridgehead atoms. The maximum absolute atomic E-state index is 13.9. The van der Waals surface area contributed by atoms with Crippen molar-refractivity contribution in [3.63, 3.8) is 0 Å². The fourth-order valence-corrected chi connectivity index (χ4v) is 7.90. The Morgan fingerprint density at radius 3 is 2.23 bits per heavy atom. The Hall–Kier alpha value is -5.45. The topological polar surface area (TPSA) is 165 Å². The molecule has 6 rings (SSSR count). The fourth-order valence-electron chi connectivity index (χ4n) is 7.09. The second-order valence-electron chi connectivity index (χ2n) is 16.6. The van der Waals surface area contributed by atoms with Gasteiger partial charge in [-0.05, 0) is 59.9 Å². The van der Waals surface area contributed by atoms with E-state index in [1.165, 1.54) is 4.90 Å². The summed E-state index contributed by atoms with van der Waals surface area (Å²) in [4.78, 5) is 53.9. The Bertz CT molecular complexity index is 2260. The molecule has 330 valence electrons. The molecule has 2 aromatic heterocycles. The van der Waals surface area contributed by atoms with Gasteiger partial charge in [0.1, 0.15) is 31.0 Å². The summed E-state index contributed by atoms with van der Waals surface area (Å²) in [6, 6.07) is 24.3. The van der Waals surface area contributed by atoms with Gasteiger partial charge in [-0.2, -0.15) is 0 Å². The number of fused-ring (bicyclic) bond motifs is 1. The maximum atomic E-state index is 13.9. The number of aromatic nitrogens is 2. The normalized spacial score (nSPS) is 15.7. The highest BCUT2D eigenvalue weighted by Gasteiger charge is 2.44. The second kappa shape index (κ2) is 21.6. The number of nitrogens with one attached hydrogen (secondary N) is 2. The van der Waals surface area contributed by atoms with Crippen LogP contribution in [0.5, 0.6) is 5.75 Å². The lowest BCUT2D eigenvalue weighted by atomic mass is 9.85. The molecule has 1 saturated heterocycles. The summed E-state index contributed by atoms with van der Waals surface area (Å²) in [5.74, 6) is -0.542. The molecule has 1 aliphatic rings. The first-order chi connectivity index (χ1) is 29.8. The molecule has 14 nitrogen and oxygen atoms in total. The average molecular weight is 867 g/mol. The predicted molar refractivity (Wildman–Crippen MR) is 241 cm³/mol. The van der Waals surface area contributed by atoms with Gasteiger partial charge in [-0.15, -0.1) is 11.3 Å². The molecule has 0 aliphatic carbocycles. The van der Waals surface area contributed by atoms with Crippen molar-refractivity contribution in [2.24, 2.45) is 5.41 Å². The van der Waals surface area contributed by atoms with Crippen LogP contribution in [0, 0.1) is 12.3 Å². The summed E-state index contributed by atoms with van der Waals surface area (Å²) < 4.78 is 22.7. The van der Waals surface area contributed by atoms with Crippen molar-refractivity contribution >= 4 is 45.6 Å². The molecule has 0 saturated carbocycles. The quantitative estimate of drug-likeness (QED) is 0.0831. The van der Waals surface area contributed by atoms with E-state index in [0.29, 0.717) is 26.4 Å². The van der Waals surface area contributed by atoms with E-state index in [0.717, 1.165) is 55.3 Å². The van der Waals surface area contributed by atoms with Crippen LogP contribution in [-0.2, 0) is 35.1 Å². The van der Waals surface area contributed by atoms with Gasteiger partial charge in [0.2, 0.25) is 17.7 Å². The number of anilines is 1. The van der Waals surface area contributed by atoms with Crippen molar-refractivity contribution in [3.8, 4) is 27.4 Å². The number of thiazole rings is 1. The number of amides is 3. The zero-order valence-corrected chi connectivity index (χ0v) is 37.2. The van der Waals surface area contributed by atoms with E-state index in [9.17, 15) is 19.5 Å². The summed E-state index contributed by atoms with van der Waals surface area (Å²) >= 11 is 1.57. The Balaban J connectivity index is 0.851. The van der Waals surface area contributed by atoms with Crippen LogP contribution in [0.25, 0.3) is 32.6 Å². The number of pyridine rings is 1. The third kappa shape index (κ3) is 12.6. The van der Waals surface area contributed by atoms with Gasteiger partial charge in [0.25, 0.3) is 0 Å². The summed E-state index contributed by atoms with van der Waals surface area (Å²) in [5, 5.41) is 17.2. The first-order valence-electron chi connectivity index (χ1n) is 20.9. The molecule has 5 aromatic rings. The number of hydrogen-bond donors (Lipinski definition) is 3. The van der Waals surface area contributed by atoms with Crippen molar-refractivity contribution in [1.29, 1.82) is 0 Å². The Labute approximate surface area is 367 Å². The van der Waals surface area contributed by atoms with Gasteiger partial charge in [0, 0.05) is 50.2 Å². The Kier molecular flexibility index (Phi) is 16.0. The molecule has 3 amide bonds. The van der Waals surface area contributed by atoms with Crippen molar-refractivity contribution < 1.29 is 38.4 Å². The molecule has 62 heavy (non-hydrogen) atoms. The van der Waals surface area contributed by atoms with E-state index in [1.54, 1.807) is 11.3 Å². The summed E-state index contributed by atoms with van der Waals surface area (Å²) in [5.41, 5.74) is 8.05. The van der Waals surface area contributed by atoms with E-state index in [1.807, 2.05) is 102 Å². The number of ether oxygens (including phenoxy) is 4. The van der Waals surface area contributed by atoms with E-state index in [2.05, 4.69) is 44.8 Å². The summed E-state index contributed by atoms with van der Waals surface area (Å²) in [6.07, 6.45) is -0.760. The highest BCUT2D eigenvalue weighted by molar-refractivity contribution is 7.13. The van der Waals surface area contributed by atoms with Crippen LogP contribution in [0.2, 0.25) is 0 Å². The van der Waals surface area contributed by atoms with Crippen molar-refractivity contribution in [1.82, 2.24) is 25.5 Å². The number of hydrogen-bond acceptors (Lipinski definition) is 12. The first kappa shape index (κ1) is 46.1. The van der Waals surface area contributed by atoms with Crippen LogP contribution >= 0.6 is 11.3 Å². The molecular formula is C47H58N6O8S. The second-order valence-corrected chi connectivity index (χ2v) is 17.4. The zero-order valence-electron chi connectivity index (χ0n) is 36.4. The molecule has 3 heterocycles. The summed E-state index contributed by atoms with van der Waals surface area (Å²) in [6.45, 7) is 9.33. The third-order valence-corrected chi connectivity index (χ3v) is 11.5. The van der Waals surface area contributed by atoms with Crippen molar-refractivity contribution in [2.75, 3.05) is 71.8 Å². The molecular weight excluding hydrogens is 809 g/mol. The van der Waals surface area contributed by atoms with E-state index in [4.69, 9.17) is 23.9 Å². The van der Waals surface area contributed by atoms with Crippen molar-refractivity contribution in [2.45, 2.75) is 58.8 Å². The Morgan fingerprint density at radius 1 is 0.887 bits per heavy atom. The van der Waals surface area contributed by atoms with Gasteiger partial charge < -0.3 is 44.5 Å². The largest absolute Gasteiger partial charge is 0.491 e. The number of β-amino-alcohol motifs (C(OH)–C–C–N with tert-alkyl or cyclic N) is 1. The lowest BCUT2D eigenvalue weighted by Gasteiger charge is -2.35.